The van der Waals surface area contributed by atoms with Gasteiger partial charge in [0, 0.05) is 25.6 Å². The first-order valence-corrected chi connectivity index (χ1v) is 10.4. The second-order valence-corrected chi connectivity index (χ2v) is 7.54. The quantitative estimate of drug-likeness (QED) is 0.257. The molecule has 2 amide bonds. The highest BCUT2D eigenvalue weighted by Crippen LogP contribution is 2.39. The summed E-state index contributed by atoms with van der Waals surface area (Å²) >= 11 is 5.87. The molecule has 0 heterocycles. The second-order valence-electron chi connectivity index (χ2n) is 7.14. The number of methoxy groups -OCH3 is 1. The number of hydrogen-bond acceptors (Lipinski definition) is 9. The van der Waals surface area contributed by atoms with E-state index in [4.69, 9.17) is 21.1 Å². The van der Waals surface area contributed by atoms with Crippen LogP contribution in [0.1, 0.15) is 18.9 Å². The molecule has 0 saturated carbocycles. The molecule has 0 saturated heterocycles. The normalized spacial score (nSPS) is 12.5. The maximum Gasteiger partial charge on any atom is 0.416 e. The fourth-order valence-electron chi connectivity index (χ4n) is 2.90. The zero-order valence-corrected chi connectivity index (χ0v) is 20.0. The van der Waals surface area contributed by atoms with E-state index in [-0.39, 0.29) is 16.4 Å². The monoisotopic (exact) mass is 543 g/mol. The van der Waals surface area contributed by atoms with Gasteiger partial charge in [-0.1, -0.05) is 18.5 Å². The molecule has 1 unspecified atom stereocenters. The van der Waals surface area contributed by atoms with E-state index in [1.807, 2.05) is 0 Å². The fraction of sp³-hybridized carbons (Fsp3) is 0.273. The van der Waals surface area contributed by atoms with Gasteiger partial charge in [-0.05, 0) is 24.3 Å². The van der Waals surface area contributed by atoms with Crippen LogP contribution in [0.15, 0.2) is 36.4 Å². The summed E-state index contributed by atoms with van der Waals surface area (Å²) in [6.45, 7) is 1.28. The Kier molecular flexibility index (Phi) is 8.68. The Bertz CT molecular complexity index is 1290. The second kappa shape index (κ2) is 11.1. The van der Waals surface area contributed by atoms with E-state index < -0.39 is 62.9 Å². The number of ketones is 1. The summed E-state index contributed by atoms with van der Waals surface area (Å²) in [7, 11) is 1.83. The zero-order chi connectivity index (χ0) is 28.1. The molecule has 0 aliphatic carbocycles. The Morgan fingerprint density at radius 2 is 1.81 bits per heavy atom. The molecule has 11 nitrogen and oxygen atoms in total. The Morgan fingerprint density at radius 3 is 2.30 bits per heavy atom. The number of rotatable bonds is 8. The van der Waals surface area contributed by atoms with Crippen LogP contribution >= 0.6 is 11.6 Å². The molecule has 2 aromatic carbocycles. The zero-order valence-electron chi connectivity index (χ0n) is 19.3. The van der Waals surface area contributed by atoms with Gasteiger partial charge in [-0.3, -0.25) is 19.7 Å². The summed E-state index contributed by atoms with van der Waals surface area (Å²) in [4.78, 5) is 48.4. The van der Waals surface area contributed by atoms with E-state index in [0.29, 0.717) is 12.1 Å². The van der Waals surface area contributed by atoms with Gasteiger partial charge in [-0.25, -0.2) is 9.69 Å². The first-order chi connectivity index (χ1) is 17.2. The SMILES string of the molecule is CCC(=O)C(C#N)(Oc1cc(Oc2ccc(C(F)(F)F)cc2Cl)ccc1[N+](=O)[O-])C(=O)N(C)C(=O)OC. The van der Waals surface area contributed by atoms with Crippen LogP contribution in [-0.2, 0) is 20.5 Å². The number of nitriles is 1. The highest BCUT2D eigenvalue weighted by molar-refractivity contribution is 6.32. The number of benzene rings is 2. The van der Waals surface area contributed by atoms with Crippen LogP contribution in [0.3, 0.4) is 0 Å². The lowest BCUT2D eigenvalue weighted by Gasteiger charge is -2.27. The van der Waals surface area contributed by atoms with Crippen molar-refractivity contribution in [2.75, 3.05) is 14.2 Å². The molecular formula is C22H17ClF3N3O8. The first kappa shape index (κ1) is 28.9. The number of likely N-dealkylation sites (N-methyl/N-ethyl adjacent to an activating group) is 1. The Morgan fingerprint density at radius 1 is 1.16 bits per heavy atom. The topological polar surface area (TPSA) is 149 Å². The number of alkyl halides is 3. The van der Waals surface area contributed by atoms with Crippen molar-refractivity contribution in [2.24, 2.45) is 0 Å². The molecule has 37 heavy (non-hydrogen) atoms. The minimum Gasteiger partial charge on any atom is -0.456 e. The molecule has 0 aliphatic heterocycles. The number of Topliss-reactive ketones (excluding diaryl/α,β-unsaturated/α-hetero) is 1. The van der Waals surface area contributed by atoms with Crippen LogP contribution in [0.2, 0.25) is 5.02 Å². The third-order valence-corrected chi connectivity index (χ3v) is 5.10. The number of nitro benzene ring substituents is 1. The molecule has 15 heteroatoms. The predicted octanol–water partition coefficient (Wildman–Crippen LogP) is 4.90. The van der Waals surface area contributed by atoms with Crippen LogP contribution in [0, 0.1) is 21.4 Å². The molecule has 0 N–H and O–H groups in total. The van der Waals surface area contributed by atoms with Gasteiger partial charge < -0.3 is 14.2 Å². The van der Waals surface area contributed by atoms with E-state index in [1.165, 1.54) is 13.0 Å². The van der Waals surface area contributed by atoms with Crippen LogP contribution in [0.4, 0.5) is 23.7 Å². The van der Waals surface area contributed by atoms with Crippen molar-refractivity contribution in [1.82, 2.24) is 4.90 Å². The van der Waals surface area contributed by atoms with Crippen molar-refractivity contribution in [1.29, 1.82) is 5.26 Å². The lowest BCUT2D eigenvalue weighted by atomic mass is 9.96. The lowest BCUT2D eigenvalue weighted by molar-refractivity contribution is -0.386. The molecule has 0 aliphatic rings. The molecule has 196 valence electrons. The number of carbonyl (C=O) groups excluding carboxylic acids is 3. The van der Waals surface area contributed by atoms with Gasteiger partial charge in [0.05, 0.1) is 22.6 Å². The number of halogens is 4. The van der Waals surface area contributed by atoms with E-state index in [0.717, 1.165) is 38.4 Å². The highest BCUT2D eigenvalue weighted by Gasteiger charge is 2.52. The molecule has 0 spiro atoms. The van der Waals surface area contributed by atoms with Gasteiger partial charge in [0.25, 0.3) is 5.91 Å². The summed E-state index contributed by atoms with van der Waals surface area (Å²) in [6, 6.07) is 6.28. The molecule has 0 aromatic heterocycles. The molecule has 2 rings (SSSR count). The van der Waals surface area contributed by atoms with Gasteiger partial charge in [0.2, 0.25) is 11.5 Å². The third-order valence-electron chi connectivity index (χ3n) is 4.80. The highest BCUT2D eigenvalue weighted by atomic mass is 35.5. The Hall–Kier alpha value is -4.38. The molecule has 0 bridgehead atoms. The standard InChI is InChI=1S/C22H17ClF3N3O8/c1-4-18(30)21(11-27,19(31)28(2)20(32)35-3)37-17-10-13(6-7-15(17)29(33)34)36-16-8-5-12(9-14(16)23)22(24,25)26/h5-10H,4H2,1-3H3. The van der Waals surface area contributed by atoms with Crippen LogP contribution in [0.25, 0.3) is 0 Å². The van der Waals surface area contributed by atoms with Crippen molar-refractivity contribution in [3.8, 4) is 23.3 Å². The summed E-state index contributed by atoms with van der Waals surface area (Å²) < 4.78 is 53.8. The molecule has 0 fully saturated rings. The average molecular weight is 544 g/mol. The number of hydrogen-bond donors (Lipinski definition) is 0. The summed E-state index contributed by atoms with van der Waals surface area (Å²) in [5, 5.41) is 20.9. The van der Waals surface area contributed by atoms with Gasteiger partial charge in [-0.15, -0.1) is 0 Å². The van der Waals surface area contributed by atoms with E-state index in [2.05, 4.69) is 4.74 Å². The summed E-state index contributed by atoms with van der Waals surface area (Å²) in [6.07, 6.45) is -6.37. The summed E-state index contributed by atoms with van der Waals surface area (Å²) in [5.41, 5.74) is -4.89. The number of ether oxygens (including phenoxy) is 3. The van der Waals surface area contributed by atoms with Gasteiger partial charge in [-0.2, -0.15) is 18.4 Å². The van der Waals surface area contributed by atoms with Crippen molar-refractivity contribution in [3.05, 3.63) is 57.1 Å². The number of carbonyl (C=O) groups is 3. The molecule has 1 atom stereocenters. The maximum absolute atomic E-state index is 13.0. The van der Waals surface area contributed by atoms with Crippen LogP contribution in [-0.4, -0.2) is 47.4 Å². The van der Waals surface area contributed by atoms with E-state index in [1.54, 1.807) is 0 Å². The Labute approximate surface area is 212 Å². The first-order valence-electron chi connectivity index (χ1n) is 10.0. The minimum atomic E-state index is -4.67. The number of nitro groups is 1. The van der Waals surface area contributed by atoms with Crippen molar-refractivity contribution >= 4 is 35.1 Å². The number of nitrogens with zero attached hydrogens (tertiary/aromatic N) is 3. The van der Waals surface area contributed by atoms with Gasteiger partial charge >= 0.3 is 23.6 Å². The van der Waals surface area contributed by atoms with Crippen molar-refractivity contribution in [2.45, 2.75) is 25.1 Å². The lowest BCUT2D eigenvalue weighted by Crippen LogP contribution is -2.57. The number of amides is 2. The number of imide groups is 1. The minimum absolute atomic E-state index is 0.271. The van der Waals surface area contributed by atoms with Crippen LogP contribution in [0.5, 0.6) is 17.2 Å². The van der Waals surface area contributed by atoms with Crippen molar-refractivity contribution in [3.63, 3.8) is 0 Å². The van der Waals surface area contributed by atoms with E-state index >= 15 is 0 Å². The average Bonchev–Trinajstić information content (AvgIpc) is 2.85. The third kappa shape index (κ3) is 6.07. The van der Waals surface area contributed by atoms with E-state index in [9.17, 15) is 42.9 Å². The predicted molar refractivity (Wildman–Crippen MR) is 119 cm³/mol. The Balaban J connectivity index is 2.59. The van der Waals surface area contributed by atoms with Gasteiger partial charge in [0.15, 0.2) is 0 Å². The smallest absolute Gasteiger partial charge is 0.416 e. The molecule has 0 radical (unpaired) electrons. The fourth-order valence-corrected chi connectivity index (χ4v) is 3.12. The maximum atomic E-state index is 13.0. The largest absolute Gasteiger partial charge is 0.456 e. The molecule has 2 aromatic rings. The van der Waals surface area contributed by atoms with Crippen LogP contribution < -0.4 is 9.47 Å². The molecular weight excluding hydrogens is 527 g/mol. The van der Waals surface area contributed by atoms with Crippen molar-refractivity contribution < 1.29 is 46.7 Å². The van der Waals surface area contributed by atoms with Gasteiger partial charge in [0.1, 0.15) is 17.6 Å². The summed E-state index contributed by atoms with van der Waals surface area (Å²) in [5.74, 6) is -3.96.